The van der Waals surface area contributed by atoms with Crippen molar-refractivity contribution in [3.8, 4) is 5.95 Å². The fraction of sp³-hybridized carbons (Fsp3) is 0.174. The Balaban J connectivity index is 1.82. The van der Waals surface area contributed by atoms with Crippen LogP contribution in [0.1, 0.15) is 40.1 Å². The molecule has 2 aromatic heterocycles. The van der Waals surface area contributed by atoms with Crippen LogP contribution in [-0.2, 0) is 6.54 Å². The summed E-state index contributed by atoms with van der Waals surface area (Å²) in [6.07, 6.45) is 1.66. The average Bonchev–Trinajstić information content (AvgIpc) is 3.14. The summed E-state index contributed by atoms with van der Waals surface area (Å²) in [7, 11) is 0. The van der Waals surface area contributed by atoms with Crippen LogP contribution in [-0.4, -0.2) is 20.4 Å². The molecule has 0 aliphatic rings. The van der Waals surface area contributed by atoms with E-state index >= 15 is 0 Å². The maximum atomic E-state index is 11.9. The van der Waals surface area contributed by atoms with Crippen molar-refractivity contribution in [3.05, 3.63) is 93.6 Å². The molecule has 4 aromatic rings. The number of carbonyl (C=O) groups is 1. The quantitative estimate of drug-likeness (QED) is 0.249. The van der Waals surface area contributed by atoms with Gasteiger partial charge in [-0.05, 0) is 36.2 Å². The van der Waals surface area contributed by atoms with Crippen LogP contribution >= 0.6 is 0 Å². The summed E-state index contributed by atoms with van der Waals surface area (Å²) in [5, 5.41) is 7.89. The van der Waals surface area contributed by atoms with Crippen molar-refractivity contribution in [1.82, 2.24) is 14.5 Å². The smallest absolute Gasteiger partial charge is 0.249 e. The number of hydrogen-bond acceptors (Lipinski definition) is 5. The minimum absolute atomic E-state index is 0.437. The second-order valence-corrected chi connectivity index (χ2v) is 7.42. The second kappa shape index (κ2) is 8.79. The minimum atomic E-state index is -0.488. The van der Waals surface area contributed by atoms with Crippen LogP contribution in [0.3, 0.4) is 0 Å². The van der Waals surface area contributed by atoms with Crippen LogP contribution in [0.2, 0.25) is 0 Å². The molecule has 0 bridgehead atoms. The van der Waals surface area contributed by atoms with Gasteiger partial charge in [-0.3, -0.25) is 9.36 Å². The lowest BCUT2D eigenvalue weighted by Crippen LogP contribution is -2.12. The number of carbonyl (C=O) groups excluding carboxylic acids is 1. The number of nitrogens with zero attached hydrogens (tertiary/aromatic N) is 6. The van der Waals surface area contributed by atoms with Crippen molar-refractivity contribution in [3.63, 3.8) is 0 Å². The van der Waals surface area contributed by atoms with Crippen LogP contribution in [0.25, 0.3) is 27.3 Å². The predicted molar refractivity (Wildman–Crippen MR) is 123 cm³/mol. The van der Waals surface area contributed by atoms with Gasteiger partial charge in [0.25, 0.3) is 0 Å². The molecule has 1 atom stereocenters. The number of aryl methyl sites for hydroxylation is 1. The molecule has 0 aliphatic carbocycles. The molecule has 0 aliphatic heterocycles. The van der Waals surface area contributed by atoms with Gasteiger partial charge in [0.2, 0.25) is 11.9 Å². The molecule has 9 nitrogen and oxygen atoms in total. The van der Waals surface area contributed by atoms with E-state index in [-0.39, 0.29) is 0 Å². The Labute approximate surface area is 184 Å². The first-order valence-corrected chi connectivity index (χ1v) is 10.1. The number of aromatic nitrogens is 3. The summed E-state index contributed by atoms with van der Waals surface area (Å²) in [4.78, 5) is 24.1. The maximum absolute atomic E-state index is 11.9. The SMILES string of the molecule is Cc1cc2c(C(N)=O)cccc2n1-c1ncc(C(C)N=[N+]=[N-])c(NCc2ccccc2)n1. The van der Waals surface area contributed by atoms with Gasteiger partial charge in [0, 0.05) is 39.9 Å². The molecule has 0 saturated heterocycles. The first-order chi connectivity index (χ1) is 15.5. The standard InChI is InChI=1S/C23H22N8O/c1-14-11-18-17(21(24)32)9-6-10-20(18)31(14)23-27-13-19(15(2)29-30-25)22(28-23)26-12-16-7-4-3-5-8-16/h3-11,13,15H,12H2,1-2H3,(H2,24,32)(H,26,27,28). The summed E-state index contributed by atoms with van der Waals surface area (Å²) in [5.41, 5.74) is 18.3. The summed E-state index contributed by atoms with van der Waals surface area (Å²) < 4.78 is 1.87. The number of anilines is 1. The zero-order valence-corrected chi connectivity index (χ0v) is 17.7. The number of azide groups is 1. The van der Waals surface area contributed by atoms with Crippen LogP contribution < -0.4 is 11.1 Å². The predicted octanol–water partition coefficient (Wildman–Crippen LogP) is 4.81. The Bertz CT molecular complexity index is 1340. The third-order valence-electron chi connectivity index (χ3n) is 5.28. The topological polar surface area (TPSA) is 135 Å². The largest absolute Gasteiger partial charge is 0.366 e. The van der Waals surface area contributed by atoms with Crippen molar-refractivity contribution in [2.75, 3.05) is 5.32 Å². The van der Waals surface area contributed by atoms with Gasteiger partial charge in [0.1, 0.15) is 5.82 Å². The Hall–Kier alpha value is -4.36. The van der Waals surface area contributed by atoms with Gasteiger partial charge in [-0.1, -0.05) is 48.4 Å². The molecule has 4 rings (SSSR count). The minimum Gasteiger partial charge on any atom is -0.366 e. The molecule has 2 aromatic carbocycles. The van der Waals surface area contributed by atoms with E-state index < -0.39 is 11.9 Å². The van der Waals surface area contributed by atoms with E-state index in [1.807, 2.05) is 54.0 Å². The Morgan fingerprint density at radius 1 is 1.25 bits per heavy atom. The number of fused-ring (bicyclic) bond motifs is 1. The van der Waals surface area contributed by atoms with Crippen molar-refractivity contribution >= 4 is 22.6 Å². The van der Waals surface area contributed by atoms with Gasteiger partial charge in [-0.2, -0.15) is 4.98 Å². The zero-order valence-electron chi connectivity index (χ0n) is 17.7. The summed E-state index contributed by atoms with van der Waals surface area (Å²) in [6, 6.07) is 16.8. The van der Waals surface area contributed by atoms with E-state index in [9.17, 15) is 4.79 Å². The molecular weight excluding hydrogens is 404 g/mol. The van der Waals surface area contributed by atoms with E-state index in [0.29, 0.717) is 29.4 Å². The zero-order chi connectivity index (χ0) is 22.7. The average molecular weight is 426 g/mol. The number of rotatable bonds is 7. The van der Waals surface area contributed by atoms with Crippen molar-refractivity contribution in [2.45, 2.75) is 26.4 Å². The highest BCUT2D eigenvalue weighted by atomic mass is 16.1. The van der Waals surface area contributed by atoms with Crippen LogP contribution in [0, 0.1) is 6.92 Å². The number of benzene rings is 2. The highest BCUT2D eigenvalue weighted by molar-refractivity contribution is 6.06. The Morgan fingerprint density at radius 2 is 2.03 bits per heavy atom. The molecule has 0 radical (unpaired) electrons. The van der Waals surface area contributed by atoms with E-state index in [0.717, 1.165) is 22.2 Å². The number of primary amides is 1. The van der Waals surface area contributed by atoms with Crippen LogP contribution in [0.4, 0.5) is 5.82 Å². The molecule has 0 saturated carbocycles. The summed E-state index contributed by atoms with van der Waals surface area (Å²) in [5.74, 6) is 0.523. The lowest BCUT2D eigenvalue weighted by molar-refractivity contribution is 0.100. The van der Waals surface area contributed by atoms with E-state index in [1.165, 1.54) is 0 Å². The molecule has 3 N–H and O–H groups in total. The first kappa shape index (κ1) is 20.9. The molecule has 9 heteroatoms. The number of nitrogens with two attached hydrogens (primary N) is 1. The summed E-state index contributed by atoms with van der Waals surface area (Å²) in [6.45, 7) is 4.26. The molecule has 160 valence electrons. The monoisotopic (exact) mass is 426 g/mol. The lowest BCUT2D eigenvalue weighted by Gasteiger charge is -2.16. The van der Waals surface area contributed by atoms with Gasteiger partial charge in [0.05, 0.1) is 11.6 Å². The summed E-state index contributed by atoms with van der Waals surface area (Å²) >= 11 is 0. The molecule has 32 heavy (non-hydrogen) atoms. The van der Waals surface area contributed by atoms with Gasteiger partial charge in [-0.25, -0.2) is 4.98 Å². The Morgan fingerprint density at radius 3 is 2.75 bits per heavy atom. The third kappa shape index (κ3) is 3.97. The highest BCUT2D eigenvalue weighted by Crippen LogP contribution is 2.29. The molecular formula is C23H22N8O. The van der Waals surface area contributed by atoms with Crippen LogP contribution in [0.5, 0.6) is 0 Å². The molecule has 0 spiro atoms. The number of amides is 1. The Kier molecular flexibility index (Phi) is 5.74. The normalized spacial score (nSPS) is 11.7. The highest BCUT2D eigenvalue weighted by Gasteiger charge is 2.18. The maximum Gasteiger partial charge on any atom is 0.249 e. The van der Waals surface area contributed by atoms with Crippen molar-refractivity contribution in [2.24, 2.45) is 10.8 Å². The molecule has 2 heterocycles. The number of nitrogens with one attached hydrogen (secondary N) is 1. The lowest BCUT2D eigenvalue weighted by atomic mass is 10.1. The second-order valence-electron chi connectivity index (χ2n) is 7.42. The van der Waals surface area contributed by atoms with Crippen molar-refractivity contribution < 1.29 is 4.79 Å². The van der Waals surface area contributed by atoms with Gasteiger partial charge >= 0.3 is 0 Å². The van der Waals surface area contributed by atoms with Gasteiger partial charge < -0.3 is 11.1 Å². The molecule has 1 unspecified atom stereocenters. The molecule has 0 fully saturated rings. The van der Waals surface area contributed by atoms with Crippen molar-refractivity contribution in [1.29, 1.82) is 0 Å². The third-order valence-corrected chi connectivity index (χ3v) is 5.28. The van der Waals surface area contributed by atoms with E-state index in [4.69, 9.17) is 16.2 Å². The number of hydrogen-bond donors (Lipinski definition) is 2. The van der Waals surface area contributed by atoms with Crippen LogP contribution in [0.15, 0.2) is 65.9 Å². The van der Waals surface area contributed by atoms with Gasteiger partial charge in [-0.15, -0.1) is 0 Å². The first-order valence-electron chi connectivity index (χ1n) is 10.1. The molecule has 1 amide bonds. The fourth-order valence-electron chi connectivity index (χ4n) is 3.70. The van der Waals surface area contributed by atoms with E-state index in [2.05, 4.69) is 20.3 Å². The van der Waals surface area contributed by atoms with Gasteiger partial charge in [0.15, 0.2) is 0 Å². The van der Waals surface area contributed by atoms with E-state index in [1.54, 1.807) is 25.3 Å². The fourth-order valence-corrected chi connectivity index (χ4v) is 3.70.